The highest BCUT2D eigenvalue weighted by Crippen LogP contribution is 2.35. The lowest BCUT2D eigenvalue weighted by atomic mass is 10.1. The standard InChI is InChI=1S/C14H11NO3S2/c1-3-7-18-12-9(5-4-6-10(12)17-2)8-11-13(16)15-14(19)20-11/h1,4-6,8H,7H2,2H3,(H,15,16,19)/b11-8-. The molecule has 0 spiro atoms. The maximum absolute atomic E-state index is 11.7. The average Bonchev–Trinajstić information content (AvgIpc) is 2.75. The molecule has 0 atom stereocenters. The van der Waals surface area contributed by atoms with Crippen LogP contribution in [0.15, 0.2) is 23.1 Å². The molecule has 1 aliphatic rings. The maximum Gasteiger partial charge on any atom is 0.263 e. The van der Waals surface area contributed by atoms with Crippen molar-refractivity contribution >= 4 is 40.3 Å². The Balaban J connectivity index is 2.41. The number of ether oxygens (including phenoxy) is 2. The van der Waals surface area contributed by atoms with Gasteiger partial charge in [-0.3, -0.25) is 4.79 Å². The highest BCUT2D eigenvalue weighted by atomic mass is 32.2. The van der Waals surface area contributed by atoms with Crippen LogP contribution in [0.1, 0.15) is 5.56 Å². The molecule has 0 saturated carbocycles. The van der Waals surface area contributed by atoms with Crippen LogP contribution in [-0.2, 0) is 4.79 Å². The van der Waals surface area contributed by atoms with Gasteiger partial charge >= 0.3 is 0 Å². The van der Waals surface area contributed by atoms with Crippen LogP contribution in [0.4, 0.5) is 0 Å². The van der Waals surface area contributed by atoms with Crippen LogP contribution in [-0.4, -0.2) is 23.9 Å². The van der Waals surface area contributed by atoms with E-state index in [1.807, 2.05) is 12.1 Å². The molecule has 0 aromatic heterocycles. The van der Waals surface area contributed by atoms with Crippen LogP contribution >= 0.6 is 24.0 Å². The largest absolute Gasteiger partial charge is 0.493 e. The first-order valence-corrected chi connectivity index (χ1v) is 6.86. The molecular formula is C14H11NO3S2. The van der Waals surface area contributed by atoms with Gasteiger partial charge in [0.2, 0.25) is 0 Å². The van der Waals surface area contributed by atoms with E-state index in [2.05, 4.69) is 11.2 Å². The molecule has 4 nitrogen and oxygen atoms in total. The van der Waals surface area contributed by atoms with E-state index in [1.165, 1.54) is 11.8 Å². The third-order valence-electron chi connectivity index (χ3n) is 2.46. The Bertz CT molecular complexity index is 632. The fraction of sp³-hybridized carbons (Fsp3) is 0.143. The van der Waals surface area contributed by atoms with E-state index in [4.69, 9.17) is 28.1 Å². The first-order valence-electron chi connectivity index (χ1n) is 5.64. The van der Waals surface area contributed by atoms with E-state index in [-0.39, 0.29) is 12.5 Å². The smallest absolute Gasteiger partial charge is 0.263 e. The number of hydrogen-bond donors (Lipinski definition) is 1. The van der Waals surface area contributed by atoms with Crippen molar-refractivity contribution in [1.82, 2.24) is 5.32 Å². The van der Waals surface area contributed by atoms with Crippen molar-refractivity contribution in [3.05, 3.63) is 28.7 Å². The summed E-state index contributed by atoms with van der Waals surface area (Å²) >= 11 is 6.16. The zero-order valence-corrected chi connectivity index (χ0v) is 12.3. The third kappa shape index (κ3) is 3.13. The van der Waals surface area contributed by atoms with Gasteiger partial charge in [0.25, 0.3) is 5.91 Å². The summed E-state index contributed by atoms with van der Waals surface area (Å²) in [5.41, 5.74) is 0.710. The van der Waals surface area contributed by atoms with Crippen molar-refractivity contribution in [3.8, 4) is 23.8 Å². The molecule has 0 radical (unpaired) electrons. The minimum absolute atomic E-state index is 0.119. The Hall–Kier alpha value is -1.97. The number of thiocarbonyl (C=S) groups is 1. The second kappa shape index (κ2) is 6.46. The van der Waals surface area contributed by atoms with E-state index < -0.39 is 0 Å². The average molecular weight is 305 g/mol. The predicted octanol–water partition coefficient (Wildman–Crippen LogP) is 2.20. The lowest BCUT2D eigenvalue weighted by Gasteiger charge is -2.11. The van der Waals surface area contributed by atoms with Crippen molar-refractivity contribution < 1.29 is 14.3 Å². The fourth-order valence-electron chi connectivity index (χ4n) is 1.64. The normalized spacial score (nSPS) is 15.9. The monoisotopic (exact) mass is 305 g/mol. The molecule has 1 saturated heterocycles. The number of nitrogens with one attached hydrogen (secondary N) is 1. The number of methoxy groups -OCH3 is 1. The van der Waals surface area contributed by atoms with E-state index in [0.29, 0.717) is 26.3 Å². The number of carbonyl (C=O) groups is 1. The summed E-state index contributed by atoms with van der Waals surface area (Å²) in [5.74, 6) is 3.25. The van der Waals surface area contributed by atoms with Crippen LogP contribution in [0, 0.1) is 12.3 Å². The van der Waals surface area contributed by atoms with Crippen molar-refractivity contribution in [1.29, 1.82) is 0 Å². The second-order valence-corrected chi connectivity index (χ2v) is 5.44. The highest BCUT2D eigenvalue weighted by Gasteiger charge is 2.23. The van der Waals surface area contributed by atoms with E-state index in [0.717, 1.165) is 0 Å². The summed E-state index contributed by atoms with van der Waals surface area (Å²) in [6.45, 7) is 0.119. The predicted molar refractivity (Wildman–Crippen MR) is 83.6 cm³/mol. The van der Waals surface area contributed by atoms with Gasteiger partial charge in [0.05, 0.1) is 12.0 Å². The molecule has 0 unspecified atom stereocenters. The fourth-order valence-corrected chi connectivity index (χ4v) is 2.67. The Morgan fingerprint density at radius 2 is 2.35 bits per heavy atom. The zero-order valence-electron chi connectivity index (χ0n) is 10.6. The second-order valence-electron chi connectivity index (χ2n) is 3.72. The maximum atomic E-state index is 11.7. The number of carbonyl (C=O) groups excluding carboxylic acids is 1. The number of benzene rings is 1. The molecule has 1 amide bonds. The van der Waals surface area contributed by atoms with Crippen molar-refractivity contribution in [3.63, 3.8) is 0 Å². The zero-order chi connectivity index (χ0) is 14.5. The van der Waals surface area contributed by atoms with Crippen molar-refractivity contribution in [2.24, 2.45) is 0 Å². The van der Waals surface area contributed by atoms with Gasteiger partial charge in [-0.1, -0.05) is 42.0 Å². The van der Waals surface area contributed by atoms with Crippen molar-refractivity contribution in [2.75, 3.05) is 13.7 Å². The van der Waals surface area contributed by atoms with Gasteiger partial charge in [-0.25, -0.2) is 0 Å². The molecule has 20 heavy (non-hydrogen) atoms. The number of para-hydroxylation sites is 1. The molecule has 1 aliphatic heterocycles. The van der Waals surface area contributed by atoms with Crippen LogP contribution < -0.4 is 14.8 Å². The molecule has 1 N–H and O–H groups in total. The number of hydrogen-bond acceptors (Lipinski definition) is 5. The van der Waals surface area contributed by atoms with Gasteiger partial charge in [0.15, 0.2) is 11.5 Å². The first kappa shape index (κ1) is 14.4. The Labute approximate surface area is 126 Å². The summed E-state index contributed by atoms with van der Waals surface area (Å²) in [4.78, 5) is 12.2. The van der Waals surface area contributed by atoms with Gasteiger partial charge in [-0.2, -0.15) is 0 Å². The number of amides is 1. The summed E-state index contributed by atoms with van der Waals surface area (Å²) in [6, 6.07) is 5.39. The van der Waals surface area contributed by atoms with Gasteiger partial charge in [-0.15, -0.1) is 6.42 Å². The highest BCUT2D eigenvalue weighted by molar-refractivity contribution is 8.26. The van der Waals surface area contributed by atoms with Crippen LogP contribution in [0.3, 0.4) is 0 Å². The summed E-state index contributed by atoms with van der Waals surface area (Å²) in [7, 11) is 1.54. The molecule has 0 aliphatic carbocycles. The molecule has 6 heteroatoms. The van der Waals surface area contributed by atoms with Gasteiger partial charge in [0, 0.05) is 5.56 Å². The van der Waals surface area contributed by atoms with Crippen LogP contribution in [0.2, 0.25) is 0 Å². The SMILES string of the molecule is C#CCOc1c(/C=C2\SC(=S)NC2=O)cccc1OC. The number of rotatable bonds is 4. The Kier molecular flexibility index (Phi) is 4.66. The molecule has 1 fully saturated rings. The van der Waals surface area contributed by atoms with Gasteiger partial charge < -0.3 is 14.8 Å². The summed E-state index contributed by atoms with van der Waals surface area (Å²) in [6.07, 6.45) is 6.91. The van der Waals surface area contributed by atoms with Gasteiger partial charge in [-0.05, 0) is 12.1 Å². The molecule has 2 rings (SSSR count). The first-order chi connectivity index (χ1) is 9.65. The van der Waals surface area contributed by atoms with E-state index in [1.54, 1.807) is 19.3 Å². The van der Waals surface area contributed by atoms with E-state index >= 15 is 0 Å². The minimum atomic E-state index is -0.217. The molecule has 1 heterocycles. The van der Waals surface area contributed by atoms with Crippen LogP contribution in [0.25, 0.3) is 6.08 Å². The molecule has 0 bridgehead atoms. The molecular weight excluding hydrogens is 294 g/mol. The van der Waals surface area contributed by atoms with Gasteiger partial charge in [0.1, 0.15) is 10.9 Å². The Morgan fingerprint density at radius 3 is 2.95 bits per heavy atom. The quantitative estimate of drug-likeness (QED) is 0.525. The Morgan fingerprint density at radius 1 is 1.55 bits per heavy atom. The summed E-state index contributed by atoms with van der Waals surface area (Å²) in [5, 5.41) is 2.56. The molecule has 102 valence electrons. The molecule has 1 aromatic carbocycles. The van der Waals surface area contributed by atoms with Crippen molar-refractivity contribution in [2.45, 2.75) is 0 Å². The third-order valence-corrected chi connectivity index (χ3v) is 3.62. The van der Waals surface area contributed by atoms with E-state index in [9.17, 15) is 4.79 Å². The summed E-state index contributed by atoms with van der Waals surface area (Å²) < 4.78 is 11.2. The number of terminal acetylenes is 1. The lowest BCUT2D eigenvalue weighted by Crippen LogP contribution is -2.17. The minimum Gasteiger partial charge on any atom is -0.493 e. The van der Waals surface area contributed by atoms with Crippen LogP contribution in [0.5, 0.6) is 11.5 Å². The topological polar surface area (TPSA) is 47.6 Å². The molecule has 1 aromatic rings. The lowest BCUT2D eigenvalue weighted by molar-refractivity contribution is -0.115. The number of thioether (sulfide) groups is 1.